The van der Waals surface area contributed by atoms with Gasteiger partial charge in [0.05, 0.1) is 12.6 Å². The van der Waals surface area contributed by atoms with E-state index >= 15 is 0 Å². The van der Waals surface area contributed by atoms with Crippen molar-refractivity contribution in [2.24, 2.45) is 0 Å². The molecule has 0 unspecified atom stereocenters. The Hall–Kier alpha value is -2.82. The number of rotatable bonds is 4. The molecule has 4 nitrogen and oxygen atoms in total. The van der Waals surface area contributed by atoms with Gasteiger partial charge >= 0.3 is 0 Å². The first-order valence-corrected chi connectivity index (χ1v) is 8.68. The topological polar surface area (TPSA) is 51.5 Å². The fourth-order valence-corrected chi connectivity index (χ4v) is 3.60. The highest BCUT2D eigenvalue weighted by Crippen LogP contribution is 2.42. The van der Waals surface area contributed by atoms with Crippen molar-refractivity contribution < 1.29 is 18.3 Å². The summed E-state index contributed by atoms with van der Waals surface area (Å²) in [4.78, 5) is 12.9. The van der Waals surface area contributed by atoms with Crippen LogP contribution in [0.5, 0.6) is 5.75 Å². The van der Waals surface area contributed by atoms with Crippen LogP contribution >= 0.6 is 0 Å². The first-order chi connectivity index (χ1) is 12.5. The van der Waals surface area contributed by atoms with E-state index in [1.807, 2.05) is 13.0 Å². The lowest BCUT2D eigenvalue weighted by Crippen LogP contribution is -2.50. The Morgan fingerprint density at radius 1 is 1.19 bits per heavy atom. The average molecular weight is 353 g/mol. The number of nitrogens with one attached hydrogen (secondary N) is 1. The number of amides is 1. The van der Waals surface area contributed by atoms with Gasteiger partial charge in [-0.05, 0) is 62.1 Å². The van der Waals surface area contributed by atoms with Crippen molar-refractivity contribution in [2.75, 3.05) is 7.11 Å². The van der Waals surface area contributed by atoms with Crippen LogP contribution in [0.25, 0.3) is 11.0 Å². The van der Waals surface area contributed by atoms with Gasteiger partial charge in [0.2, 0.25) is 0 Å². The molecule has 1 aliphatic carbocycles. The largest absolute Gasteiger partial charge is 0.497 e. The van der Waals surface area contributed by atoms with E-state index in [0.29, 0.717) is 11.3 Å². The third kappa shape index (κ3) is 2.64. The van der Waals surface area contributed by atoms with Crippen LogP contribution in [0, 0.1) is 12.7 Å². The summed E-state index contributed by atoms with van der Waals surface area (Å²) in [7, 11) is 1.60. The molecule has 0 radical (unpaired) electrons. The number of methoxy groups -OCH3 is 1. The Morgan fingerprint density at radius 2 is 1.92 bits per heavy atom. The van der Waals surface area contributed by atoms with Gasteiger partial charge in [0.15, 0.2) is 5.76 Å². The standard InChI is InChI=1S/C21H20FNO3/c1-13-17-12-16(25-2)8-9-18(17)26-19(13)20(24)23-21(10-3-11-21)14-4-6-15(22)7-5-14/h4-9,12H,3,10-11H2,1-2H3,(H,23,24). The molecule has 5 heteroatoms. The minimum Gasteiger partial charge on any atom is -0.497 e. The van der Waals surface area contributed by atoms with Crippen molar-refractivity contribution in [1.29, 1.82) is 0 Å². The first kappa shape index (κ1) is 16.6. The fourth-order valence-electron chi connectivity index (χ4n) is 3.60. The maximum Gasteiger partial charge on any atom is 0.288 e. The summed E-state index contributed by atoms with van der Waals surface area (Å²) in [6.45, 7) is 1.87. The van der Waals surface area contributed by atoms with Crippen LogP contribution in [-0.2, 0) is 5.54 Å². The maximum atomic E-state index is 13.2. The summed E-state index contributed by atoms with van der Waals surface area (Å²) < 4.78 is 24.3. The summed E-state index contributed by atoms with van der Waals surface area (Å²) in [6.07, 6.45) is 2.68. The number of halogens is 1. The van der Waals surface area contributed by atoms with Crippen molar-refractivity contribution in [3.63, 3.8) is 0 Å². The normalized spacial score (nSPS) is 15.5. The molecule has 26 heavy (non-hydrogen) atoms. The van der Waals surface area contributed by atoms with Gasteiger partial charge in [0.25, 0.3) is 5.91 Å². The van der Waals surface area contributed by atoms with Crippen LogP contribution in [0.4, 0.5) is 4.39 Å². The summed E-state index contributed by atoms with van der Waals surface area (Å²) in [5.74, 6) is 0.495. The molecule has 3 aromatic rings. The van der Waals surface area contributed by atoms with E-state index in [1.165, 1.54) is 12.1 Å². The zero-order valence-corrected chi connectivity index (χ0v) is 14.8. The zero-order valence-electron chi connectivity index (χ0n) is 14.8. The van der Waals surface area contributed by atoms with Gasteiger partial charge < -0.3 is 14.5 Å². The number of hydrogen-bond acceptors (Lipinski definition) is 3. The van der Waals surface area contributed by atoms with Crippen LogP contribution in [0.1, 0.15) is 40.9 Å². The van der Waals surface area contributed by atoms with Gasteiger partial charge in [-0.2, -0.15) is 0 Å². The first-order valence-electron chi connectivity index (χ1n) is 8.68. The molecule has 0 saturated heterocycles. The molecule has 1 aliphatic rings. The molecule has 2 aromatic carbocycles. The highest BCUT2D eigenvalue weighted by molar-refractivity contribution is 5.99. The molecule has 1 saturated carbocycles. The minimum absolute atomic E-state index is 0.248. The van der Waals surface area contributed by atoms with Gasteiger partial charge in [-0.1, -0.05) is 12.1 Å². The molecule has 0 atom stereocenters. The quantitative estimate of drug-likeness (QED) is 0.740. The minimum atomic E-state index is -0.451. The molecule has 0 bridgehead atoms. The third-order valence-electron chi connectivity index (χ3n) is 5.31. The van der Waals surface area contributed by atoms with Gasteiger partial charge in [-0.15, -0.1) is 0 Å². The van der Waals surface area contributed by atoms with E-state index in [-0.39, 0.29) is 11.7 Å². The van der Waals surface area contributed by atoms with Gasteiger partial charge in [0, 0.05) is 10.9 Å². The third-order valence-corrected chi connectivity index (χ3v) is 5.31. The summed E-state index contributed by atoms with van der Waals surface area (Å²) in [5, 5.41) is 3.99. The van der Waals surface area contributed by atoms with E-state index in [1.54, 1.807) is 31.4 Å². The lowest BCUT2D eigenvalue weighted by Gasteiger charge is -2.43. The van der Waals surface area contributed by atoms with E-state index in [2.05, 4.69) is 5.32 Å². The Labute approximate surface area is 151 Å². The van der Waals surface area contributed by atoms with Crippen molar-refractivity contribution in [3.05, 3.63) is 65.2 Å². The van der Waals surface area contributed by atoms with Crippen LogP contribution in [0.15, 0.2) is 46.9 Å². The predicted molar refractivity (Wildman–Crippen MR) is 96.9 cm³/mol. The van der Waals surface area contributed by atoms with Crippen molar-refractivity contribution >= 4 is 16.9 Å². The molecule has 1 amide bonds. The second-order valence-corrected chi connectivity index (χ2v) is 6.81. The molecule has 1 aromatic heterocycles. The molecular formula is C21H20FNO3. The Morgan fingerprint density at radius 3 is 2.54 bits per heavy atom. The van der Waals surface area contributed by atoms with E-state index in [0.717, 1.165) is 41.5 Å². The number of furan rings is 1. The number of carbonyl (C=O) groups is 1. The number of ether oxygens (including phenoxy) is 1. The SMILES string of the molecule is COc1ccc2oc(C(=O)NC3(c4ccc(F)cc4)CCC3)c(C)c2c1. The van der Waals surface area contributed by atoms with Gasteiger partial charge in [0.1, 0.15) is 17.1 Å². The molecule has 1 fully saturated rings. The van der Waals surface area contributed by atoms with Crippen LogP contribution in [0.3, 0.4) is 0 Å². The van der Waals surface area contributed by atoms with Crippen LogP contribution < -0.4 is 10.1 Å². The van der Waals surface area contributed by atoms with Crippen LogP contribution in [-0.4, -0.2) is 13.0 Å². The molecule has 0 spiro atoms. The van der Waals surface area contributed by atoms with E-state index < -0.39 is 5.54 Å². The highest BCUT2D eigenvalue weighted by Gasteiger charge is 2.41. The number of carbonyl (C=O) groups excluding carboxylic acids is 1. The molecule has 4 rings (SSSR count). The highest BCUT2D eigenvalue weighted by atomic mass is 19.1. The number of benzene rings is 2. The smallest absolute Gasteiger partial charge is 0.288 e. The Bertz CT molecular complexity index is 971. The van der Waals surface area contributed by atoms with Gasteiger partial charge in [-0.3, -0.25) is 4.79 Å². The summed E-state index contributed by atoms with van der Waals surface area (Å²) in [6, 6.07) is 11.8. The number of hydrogen-bond donors (Lipinski definition) is 1. The maximum absolute atomic E-state index is 13.2. The monoisotopic (exact) mass is 353 g/mol. The van der Waals surface area contributed by atoms with E-state index in [4.69, 9.17) is 9.15 Å². The average Bonchev–Trinajstić information content (AvgIpc) is 2.95. The van der Waals surface area contributed by atoms with Crippen molar-refractivity contribution in [1.82, 2.24) is 5.32 Å². The predicted octanol–water partition coefficient (Wildman–Crippen LogP) is 4.70. The van der Waals surface area contributed by atoms with E-state index in [9.17, 15) is 9.18 Å². The van der Waals surface area contributed by atoms with Crippen LogP contribution in [0.2, 0.25) is 0 Å². The number of aryl methyl sites for hydroxylation is 1. The Balaban J connectivity index is 1.66. The molecule has 1 N–H and O–H groups in total. The lowest BCUT2D eigenvalue weighted by molar-refractivity contribution is 0.0796. The number of fused-ring (bicyclic) bond motifs is 1. The summed E-state index contributed by atoms with van der Waals surface area (Å²) >= 11 is 0. The molecule has 1 heterocycles. The Kier molecular flexibility index (Phi) is 3.94. The van der Waals surface area contributed by atoms with Crippen molar-refractivity contribution in [2.45, 2.75) is 31.7 Å². The second-order valence-electron chi connectivity index (χ2n) is 6.81. The lowest BCUT2D eigenvalue weighted by atomic mass is 9.71. The molecular weight excluding hydrogens is 333 g/mol. The second kappa shape index (κ2) is 6.16. The van der Waals surface area contributed by atoms with Gasteiger partial charge in [-0.25, -0.2) is 4.39 Å². The molecule has 134 valence electrons. The van der Waals surface area contributed by atoms with Crippen molar-refractivity contribution in [3.8, 4) is 5.75 Å². The summed E-state index contributed by atoms with van der Waals surface area (Å²) in [5.41, 5.74) is 1.91. The zero-order chi connectivity index (χ0) is 18.3. The molecule has 0 aliphatic heterocycles. The fraction of sp³-hybridized carbons (Fsp3) is 0.286.